The average molecular weight is 403 g/mol. The number of methoxy groups -OCH3 is 1. The normalized spacial score (nSPS) is 13.7. The lowest BCUT2D eigenvalue weighted by atomic mass is 10.0. The van der Waals surface area contributed by atoms with Crippen LogP contribution < -0.4 is 10.1 Å². The first-order valence-electron chi connectivity index (χ1n) is 9.24. The van der Waals surface area contributed by atoms with E-state index >= 15 is 0 Å². The number of ether oxygens (including phenoxy) is 1. The summed E-state index contributed by atoms with van der Waals surface area (Å²) in [6, 6.07) is 16.0. The number of aromatic nitrogens is 1. The summed E-state index contributed by atoms with van der Waals surface area (Å²) in [4.78, 5) is 31.6. The van der Waals surface area contributed by atoms with Crippen molar-refractivity contribution in [1.29, 1.82) is 0 Å². The van der Waals surface area contributed by atoms with Gasteiger partial charge in [-0.15, -0.1) is 0 Å². The molecule has 4 rings (SSSR count). The first kappa shape index (κ1) is 19.3. The molecule has 0 bridgehead atoms. The van der Waals surface area contributed by atoms with Gasteiger partial charge in [0.05, 0.1) is 24.9 Å². The fourth-order valence-electron chi connectivity index (χ4n) is 3.27. The summed E-state index contributed by atoms with van der Waals surface area (Å²) in [5.74, 6) is -0.830. The fraction of sp³-hybridized carbons (Fsp3) is 0.0870. The van der Waals surface area contributed by atoms with E-state index in [0.29, 0.717) is 17.0 Å². The Bertz CT molecular complexity index is 1130. The predicted octanol–water partition coefficient (Wildman–Crippen LogP) is 3.62. The average Bonchev–Trinajstić information content (AvgIpc) is 3.00. The number of rotatable bonds is 6. The molecule has 0 saturated heterocycles. The molecule has 0 radical (unpaired) electrons. The van der Waals surface area contributed by atoms with Crippen molar-refractivity contribution in [2.45, 2.75) is 6.54 Å². The van der Waals surface area contributed by atoms with Gasteiger partial charge in [-0.2, -0.15) is 0 Å². The van der Waals surface area contributed by atoms with Crippen molar-refractivity contribution >= 4 is 23.1 Å². The number of hydrogen-bond acceptors (Lipinski definition) is 5. The van der Waals surface area contributed by atoms with Gasteiger partial charge in [0.25, 0.3) is 11.8 Å². The topological polar surface area (TPSA) is 71.5 Å². The Balaban J connectivity index is 1.77. The van der Waals surface area contributed by atoms with Crippen LogP contribution in [-0.2, 0) is 16.1 Å². The van der Waals surface area contributed by atoms with Crippen molar-refractivity contribution < 1.29 is 18.7 Å². The fourth-order valence-corrected chi connectivity index (χ4v) is 3.27. The van der Waals surface area contributed by atoms with E-state index in [9.17, 15) is 14.0 Å². The zero-order valence-electron chi connectivity index (χ0n) is 16.1. The first-order valence-corrected chi connectivity index (χ1v) is 9.24. The second-order valence-electron chi connectivity index (χ2n) is 6.63. The molecule has 1 N–H and O–H groups in total. The highest BCUT2D eigenvalue weighted by Gasteiger charge is 2.39. The lowest BCUT2D eigenvalue weighted by molar-refractivity contribution is -0.137. The summed E-state index contributed by atoms with van der Waals surface area (Å²) >= 11 is 0. The van der Waals surface area contributed by atoms with Gasteiger partial charge in [-0.3, -0.25) is 19.5 Å². The zero-order valence-corrected chi connectivity index (χ0v) is 16.1. The highest BCUT2D eigenvalue weighted by Crippen LogP contribution is 2.34. The molecule has 6 nitrogen and oxygen atoms in total. The highest BCUT2D eigenvalue weighted by atomic mass is 19.1. The maximum Gasteiger partial charge on any atom is 0.278 e. The standard InChI is InChI=1S/C23H18FN3O3/c1-30-19-5-3-2-4-18(19)26-21-20(16-6-8-17(24)9-7-16)22(28)27(23(21)29)14-15-10-12-25-13-11-15/h2-13,26H,14H2,1H3. The Morgan fingerprint density at radius 2 is 1.67 bits per heavy atom. The minimum Gasteiger partial charge on any atom is -0.495 e. The van der Waals surface area contributed by atoms with Crippen LogP contribution in [0.2, 0.25) is 0 Å². The molecule has 2 aromatic carbocycles. The summed E-state index contributed by atoms with van der Waals surface area (Å²) in [5, 5.41) is 3.06. The van der Waals surface area contributed by atoms with Crippen molar-refractivity contribution in [1.82, 2.24) is 9.88 Å². The Morgan fingerprint density at radius 1 is 0.967 bits per heavy atom. The van der Waals surface area contributed by atoms with Crippen molar-refractivity contribution in [3.8, 4) is 5.75 Å². The summed E-state index contributed by atoms with van der Waals surface area (Å²) in [7, 11) is 1.52. The molecule has 0 aliphatic carbocycles. The molecular weight excluding hydrogens is 385 g/mol. The quantitative estimate of drug-likeness (QED) is 0.637. The van der Waals surface area contributed by atoms with Crippen molar-refractivity contribution in [3.63, 3.8) is 0 Å². The lowest BCUT2D eigenvalue weighted by Gasteiger charge is -2.15. The molecule has 1 aromatic heterocycles. The summed E-state index contributed by atoms with van der Waals surface area (Å²) < 4.78 is 18.8. The van der Waals surface area contributed by atoms with Gasteiger partial charge in [0.15, 0.2) is 0 Å². The van der Waals surface area contributed by atoms with Crippen molar-refractivity contribution in [2.75, 3.05) is 12.4 Å². The highest BCUT2D eigenvalue weighted by molar-refractivity contribution is 6.36. The van der Waals surface area contributed by atoms with E-state index in [0.717, 1.165) is 10.5 Å². The van der Waals surface area contributed by atoms with Crippen LogP contribution in [0.3, 0.4) is 0 Å². The van der Waals surface area contributed by atoms with Crippen LogP contribution in [0.25, 0.3) is 5.57 Å². The zero-order chi connectivity index (χ0) is 21.1. The van der Waals surface area contributed by atoms with E-state index < -0.39 is 17.6 Å². The van der Waals surface area contributed by atoms with E-state index in [-0.39, 0.29) is 17.8 Å². The number of carbonyl (C=O) groups excluding carboxylic acids is 2. The van der Waals surface area contributed by atoms with Gasteiger partial charge in [-0.1, -0.05) is 24.3 Å². The number of imide groups is 1. The third-order valence-electron chi connectivity index (χ3n) is 4.76. The smallest absolute Gasteiger partial charge is 0.278 e. The van der Waals surface area contributed by atoms with Crippen molar-refractivity contribution in [2.24, 2.45) is 0 Å². The molecule has 3 aromatic rings. The van der Waals surface area contributed by atoms with E-state index in [2.05, 4.69) is 10.3 Å². The van der Waals surface area contributed by atoms with Gasteiger partial charge in [-0.25, -0.2) is 4.39 Å². The van der Waals surface area contributed by atoms with Crippen LogP contribution in [0.15, 0.2) is 78.8 Å². The van der Waals surface area contributed by atoms with Crippen LogP contribution in [0.4, 0.5) is 10.1 Å². The molecule has 2 heterocycles. The molecule has 0 atom stereocenters. The molecular formula is C23H18FN3O3. The predicted molar refractivity (Wildman–Crippen MR) is 110 cm³/mol. The summed E-state index contributed by atoms with van der Waals surface area (Å²) in [6.45, 7) is 0.0992. The van der Waals surface area contributed by atoms with Crippen LogP contribution in [0, 0.1) is 5.82 Å². The molecule has 0 fully saturated rings. The number of benzene rings is 2. The number of anilines is 1. The molecule has 7 heteroatoms. The molecule has 150 valence electrons. The Kier molecular flexibility index (Phi) is 5.26. The van der Waals surface area contributed by atoms with Gasteiger partial charge < -0.3 is 10.1 Å². The number of halogens is 1. The Labute approximate surface area is 172 Å². The van der Waals surface area contributed by atoms with Gasteiger partial charge in [-0.05, 0) is 47.5 Å². The second-order valence-corrected chi connectivity index (χ2v) is 6.63. The van der Waals surface area contributed by atoms with E-state index in [1.165, 1.54) is 31.4 Å². The third-order valence-corrected chi connectivity index (χ3v) is 4.76. The van der Waals surface area contributed by atoms with Gasteiger partial charge in [0.2, 0.25) is 0 Å². The summed E-state index contributed by atoms with van der Waals surface area (Å²) in [6.07, 6.45) is 3.20. The number of pyridine rings is 1. The van der Waals surface area contributed by atoms with Crippen LogP contribution in [0.5, 0.6) is 5.75 Å². The molecule has 1 aliphatic heterocycles. The van der Waals surface area contributed by atoms with Crippen molar-refractivity contribution in [3.05, 3.63) is 95.7 Å². The minimum absolute atomic E-state index is 0.0992. The number of hydrogen-bond donors (Lipinski definition) is 1. The van der Waals surface area contributed by atoms with E-state index in [4.69, 9.17) is 4.74 Å². The number of amides is 2. The maximum absolute atomic E-state index is 13.4. The van der Waals surface area contributed by atoms with Gasteiger partial charge in [0.1, 0.15) is 17.3 Å². The maximum atomic E-state index is 13.4. The molecule has 0 saturated carbocycles. The Morgan fingerprint density at radius 3 is 2.37 bits per heavy atom. The first-order chi connectivity index (χ1) is 14.6. The second kappa shape index (κ2) is 8.16. The van der Waals surface area contributed by atoms with Crippen LogP contribution in [-0.4, -0.2) is 28.8 Å². The SMILES string of the molecule is COc1ccccc1NC1=C(c2ccc(F)cc2)C(=O)N(Cc2ccncc2)C1=O. The molecule has 0 unspecified atom stereocenters. The number of nitrogens with one attached hydrogen (secondary N) is 1. The number of carbonyl (C=O) groups is 2. The van der Waals surface area contributed by atoms with Gasteiger partial charge >= 0.3 is 0 Å². The third kappa shape index (κ3) is 3.65. The largest absolute Gasteiger partial charge is 0.495 e. The minimum atomic E-state index is -0.470. The van der Waals surface area contributed by atoms with E-state index in [1.54, 1.807) is 48.8 Å². The lowest BCUT2D eigenvalue weighted by Crippen LogP contribution is -2.32. The van der Waals surface area contributed by atoms with Crippen LogP contribution >= 0.6 is 0 Å². The number of nitrogens with zero attached hydrogens (tertiary/aromatic N) is 2. The molecule has 2 amide bonds. The van der Waals surface area contributed by atoms with Gasteiger partial charge in [0, 0.05) is 12.4 Å². The molecule has 1 aliphatic rings. The molecule has 30 heavy (non-hydrogen) atoms. The number of para-hydroxylation sites is 2. The monoisotopic (exact) mass is 403 g/mol. The Hall–Kier alpha value is -4.00. The van der Waals surface area contributed by atoms with Crippen LogP contribution in [0.1, 0.15) is 11.1 Å². The van der Waals surface area contributed by atoms with E-state index in [1.807, 2.05) is 0 Å². The summed E-state index contributed by atoms with van der Waals surface area (Å²) in [5.41, 5.74) is 2.06. The molecule has 0 spiro atoms.